The van der Waals surface area contributed by atoms with Crippen molar-refractivity contribution in [1.82, 2.24) is 15.1 Å². The first-order valence-corrected chi connectivity index (χ1v) is 6.18. The quantitative estimate of drug-likeness (QED) is 0.900. The maximum absolute atomic E-state index is 13.3. The second-order valence-corrected chi connectivity index (χ2v) is 4.46. The third kappa shape index (κ3) is 3.32. The van der Waals surface area contributed by atoms with Gasteiger partial charge in [0.1, 0.15) is 18.2 Å². The van der Waals surface area contributed by atoms with Gasteiger partial charge in [-0.15, -0.1) is 0 Å². The summed E-state index contributed by atoms with van der Waals surface area (Å²) in [5.41, 5.74) is 1.65. The number of hydrogen-bond acceptors (Lipinski definition) is 3. The van der Waals surface area contributed by atoms with Gasteiger partial charge in [-0.2, -0.15) is 5.10 Å². The molecule has 102 valence electrons. The minimum atomic E-state index is -0.262. The van der Waals surface area contributed by atoms with Gasteiger partial charge in [-0.1, -0.05) is 0 Å². The van der Waals surface area contributed by atoms with Gasteiger partial charge in [0, 0.05) is 24.8 Å². The molecule has 0 saturated heterocycles. The molecule has 4 nitrogen and oxygen atoms in total. The lowest BCUT2D eigenvalue weighted by atomic mass is 10.1. The summed E-state index contributed by atoms with van der Waals surface area (Å²) in [4.78, 5) is 0. The molecule has 0 aliphatic carbocycles. The molecule has 0 aliphatic rings. The summed E-state index contributed by atoms with van der Waals surface area (Å²) in [6, 6.07) is 6.47. The fourth-order valence-corrected chi connectivity index (χ4v) is 1.84. The summed E-state index contributed by atoms with van der Waals surface area (Å²) in [6.07, 6.45) is 1.86. The molecule has 1 aromatic carbocycles. The number of halogens is 1. The number of hydrogen-bond donors (Lipinski definition) is 1. The van der Waals surface area contributed by atoms with Crippen molar-refractivity contribution in [2.45, 2.75) is 19.6 Å². The summed E-state index contributed by atoms with van der Waals surface area (Å²) in [6.45, 7) is 2.33. The Balaban J connectivity index is 2.15. The number of nitrogens with zero attached hydrogens (tertiary/aromatic N) is 2. The molecule has 0 bridgehead atoms. The Morgan fingerprint density at radius 2 is 2.21 bits per heavy atom. The monoisotopic (exact) mass is 263 g/mol. The van der Waals surface area contributed by atoms with E-state index in [9.17, 15) is 4.39 Å². The van der Waals surface area contributed by atoms with Crippen molar-refractivity contribution >= 4 is 0 Å². The zero-order chi connectivity index (χ0) is 13.8. The molecule has 0 amide bonds. The Morgan fingerprint density at radius 3 is 2.84 bits per heavy atom. The van der Waals surface area contributed by atoms with Gasteiger partial charge in [-0.3, -0.25) is 4.68 Å². The number of aromatic nitrogens is 2. The molecule has 1 atom stereocenters. The highest BCUT2D eigenvalue weighted by Crippen LogP contribution is 2.26. The van der Waals surface area contributed by atoms with Crippen LogP contribution in [0.3, 0.4) is 0 Å². The molecular weight excluding hydrogens is 245 g/mol. The lowest BCUT2D eigenvalue weighted by Crippen LogP contribution is -2.14. The highest BCUT2D eigenvalue weighted by Gasteiger charge is 2.12. The first-order chi connectivity index (χ1) is 9.10. The molecule has 0 aliphatic heterocycles. The van der Waals surface area contributed by atoms with Crippen molar-refractivity contribution in [3.8, 4) is 5.75 Å². The van der Waals surface area contributed by atoms with Crippen LogP contribution >= 0.6 is 0 Å². The van der Waals surface area contributed by atoms with E-state index in [1.807, 2.05) is 33.3 Å². The van der Waals surface area contributed by atoms with Crippen molar-refractivity contribution < 1.29 is 9.13 Å². The molecular formula is C14H18FN3O. The summed E-state index contributed by atoms with van der Waals surface area (Å²) in [5, 5.41) is 7.32. The highest BCUT2D eigenvalue weighted by molar-refractivity contribution is 5.36. The normalized spacial score (nSPS) is 12.4. The fourth-order valence-electron chi connectivity index (χ4n) is 1.84. The summed E-state index contributed by atoms with van der Waals surface area (Å²) in [5.74, 6) is 0.413. The standard InChI is InChI=1S/C14H18FN3O/c1-10(16-2)13-8-11(15)4-5-14(13)19-9-12-6-7-18(3)17-12/h4-8,10,16H,9H2,1-3H3. The summed E-state index contributed by atoms with van der Waals surface area (Å²) in [7, 11) is 3.69. The van der Waals surface area contributed by atoms with Crippen molar-refractivity contribution in [1.29, 1.82) is 0 Å². The topological polar surface area (TPSA) is 39.1 Å². The van der Waals surface area contributed by atoms with Gasteiger partial charge in [0.15, 0.2) is 0 Å². The molecule has 1 unspecified atom stereocenters. The van der Waals surface area contributed by atoms with Crippen LogP contribution < -0.4 is 10.1 Å². The van der Waals surface area contributed by atoms with Gasteiger partial charge in [-0.05, 0) is 38.2 Å². The molecule has 1 heterocycles. The van der Waals surface area contributed by atoms with Crippen LogP contribution in [0.5, 0.6) is 5.75 Å². The van der Waals surface area contributed by atoms with Crippen LogP contribution in [0, 0.1) is 5.82 Å². The number of aryl methyl sites for hydroxylation is 1. The fraction of sp³-hybridized carbons (Fsp3) is 0.357. The van der Waals surface area contributed by atoms with Gasteiger partial charge in [-0.25, -0.2) is 4.39 Å². The predicted molar refractivity (Wildman–Crippen MR) is 71.4 cm³/mol. The molecule has 0 radical (unpaired) electrons. The molecule has 1 aromatic heterocycles. The van der Waals surface area contributed by atoms with Crippen LogP contribution in [0.25, 0.3) is 0 Å². The number of rotatable bonds is 5. The van der Waals surface area contributed by atoms with Gasteiger partial charge in [0.25, 0.3) is 0 Å². The van der Waals surface area contributed by atoms with E-state index in [0.717, 1.165) is 11.3 Å². The van der Waals surface area contributed by atoms with Crippen LogP contribution in [-0.4, -0.2) is 16.8 Å². The molecule has 1 N–H and O–H groups in total. The van der Waals surface area contributed by atoms with E-state index in [0.29, 0.717) is 12.4 Å². The Hall–Kier alpha value is -1.88. The minimum Gasteiger partial charge on any atom is -0.487 e. The largest absolute Gasteiger partial charge is 0.487 e. The van der Waals surface area contributed by atoms with Crippen LogP contribution in [-0.2, 0) is 13.7 Å². The molecule has 2 aromatic rings. The van der Waals surface area contributed by atoms with E-state index in [2.05, 4.69) is 10.4 Å². The Kier molecular flexibility index (Phi) is 4.16. The Morgan fingerprint density at radius 1 is 1.42 bits per heavy atom. The van der Waals surface area contributed by atoms with Crippen molar-refractivity contribution in [3.63, 3.8) is 0 Å². The molecule has 19 heavy (non-hydrogen) atoms. The number of benzene rings is 1. The van der Waals surface area contributed by atoms with Crippen LogP contribution in [0.15, 0.2) is 30.5 Å². The van der Waals surface area contributed by atoms with E-state index in [1.165, 1.54) is 12.1 Å². The second kappa shape index (κ2) is 5.84. The molecule has 2 rings (SSSR count). The molecule has 5 heteroatoms. The average Bonchev–Trinajstić information content (AvgIpc) is 2.82. The Bertz CT molecular complexity index is 553. The predicted octanol–water partition coefficient (Wildman–Crippen LogP) is 2.42. The van der Waals surface area contributed by atoms with Crippen LogP contribution in [0.1, 0.15) is 24.2 Å². The maximum Gasteiger partial charge on any atom is 0.132 e. The molecule has 0 fully saturated rings. The van der Waals surface area contributed by atoms with E-state index >= 15 is 0 Å². The van der Waals surface area contributed by atoms with E-state index in [1.54, 1.807) is 10.7 Å². The lowest BCUT2D eigenvalue weighted by molar-refractivity contribution is 0.293. The van der Waals surface area contributed by atoms with Gasteiger partial charge in [0.05, 0.1) is 5.69 Å². The minimum absolute atomic E-state index is 0.0226. The lowest BCUT2D eigenvalue weighted by Gasteiger charge is -2.16. The van der Waals surface area contributed by atoms with Crippen LogP contribution in [0.2, 0.25) is 0 Å². The highest BCUT2D eigenvalue weighted by atomic mass is 19.1. The average molecular weight is 263 g/mol. The summed E-state index contributed by atoms with van der Waals surface area (Å²) < 4.78 is 20.8. The SMILES string of the molecule is CNC(C)c1cc(F)ccc1OCc1ccn(C)n1. The van der Waals surface area contributed by atoms with E-state index in [-0.39, 0.29) is 11.9 Å². The first-order valence-electron chi connectivity index (χ1n) is 6.18. The second-order valence-electron chi connectivity index (χ2n) is 4.46. The molecule has 0 saturated carbocycles. The maximum atomic E-state index is 13.3. The Labute approximate surface area is 112 Å². The zero-order valence-electron chi connectivity index (χ0n) is 11.4. The third-order valence-electron chi connectivity index (χ3n) is 3.02. The summed E-state index contributed by atoms with van der Waals surface area (Å²) >= 11 is 0. The first kappa shape index (κ1) is 13.5. The van der Waals surface area contributed by atoms with E-state index < -0.39 is 0 Å². The van der Waals surface area contributed by atoms with Crippen molar-refractivity contribution in [2.24, 2.45) is 7.05 Å². The van der Waals surface area contributed by atoms with Gasteiger partial charge in [0.2, 0.25) is 0 Å². The van der Waals surface area contributed by atoms with E-state index in [4.69, 9.17) is 4.74 Å². The van der Waals surface area contributed by atoms with Gasteiger partial charge < -0.3 is 10.1 Å². The zero-order valence-corrected chi connectivity index (χ0v) is 11.4. The third-order valence-corrected chi connectivity index (χ3v) is 3.02. The number of nitrogens with one attached hydrogen (secondary N) is 1. The van der Waals surface area contributed by atoms with Crippen molar-refractivity contribution in [3.05, 3.63) is 47.5 Å². The molecule has 0 spiro atoms. The van der Waals surface area contributed by atoms with Crippen molar-refractivity contribution in [2.75, 3.05) is 7.05 Å². The smallest absolute Gasteiger partial charge is 0.132 e. The van der Waals surface area contributed by atoms with Gasteiger partial charge >= 0.3 is 0 Å². The number of ether oxygens (including phenoxy) is 1. The van der Waals surface area contributed by atoms with Crippen LogP contribution in [0.4, 0.5) is 4.39 Å².